The van der Waals surface area contributed by atoms with Gasteiger partial charge < -0.3 is 9.47 Å². The zero-order valence-electron chi connectivity index (χ0n) is 7.62. The van der Waals surface area contributed by atoms with Crippen LogP contribution in [0, 0.1) is 0 Å². The summed E-state index contributed by atoms with van der Waals surface area (Å²) in [5, 5.41) is 0. The van der Waals surface area contributed by atoms with Crippen LogP contribution >= 0.6 is 0 Å². The Morgan fingerprint density at radius 1 is 0.929 bits per heavy atom. The van der Waals surface area contributed by atoms with Crippen molar-refractivity contribution in [1.29, 1.82) is 0 Å². The summed E-state index contributed by atoms with van der Waals surface area (Å²) in [6.07, 6.45) is 0. The van der Waals surface area contributed by atoms with E-state index >= 15 is 0 Å². The molecule has 0 saturated heterocycles. The van der Waals surface area contributed by atoms with Gasteiger partial charge >= 0.3 is 0 Å². The van der Waals surface area contributed by atoms with Crippen molar-refractivity contribution in [3.05, 3.63) is 0 Å². The molecule has 0 aromatic rings. The molecule has 0 atom stereocenters. The molecule has 82 valence electrons. The number of carbonyl (C=O) groups excluding carboxylic acids is 2. The minimum absolute atomic E-state index is 0.136. The number of amides is 2. The zero-order valence-corrected chi connectivity index (χ0v) is 7.62. The van der Waals surface area contributed by atoms with Gasteiger partial charge in [0.25, 0.3) is 11.8 Å². The molecule has 0 aliphatic rings. The lowest BCUT2D eigenvalue weighted by atomic mass is 10.6. The Kier molecular flexibility index (Phi) is 7.65. The molecule has 2 amide bonds. The Bertz CT molecular complexity index is 167. The summed E-state index contributed by atoms with van der Waals surface area (Å²) >= 11 is 0. The molecule has 0 spiro atoms. The molecule has 0 aromatic heterocycles. The minimum atomic E-state index is -0.426. The fraction of sp³-hybridized carbons (Fsp3) is 0.667. The fourth-order valence-corrected chi connectivity index (χ4v) is 0.531. The van der Waals surface area contributed by atoms with E-state index < -0.39 is 11.8 Å². The highest BCUT2D eigenvalue weighted by molar-refractivity contribution is 5.76. The summed E-state index contributed by atoms with van der Waals surface area (Å²) in [6, 6.07) is 0. The zero-order chi connectivity index (χ0) is 10.8. The van der Waals surface area contributed by atoms with Crippen molar-refractivity contribution in [3.8, 4) is 0 Å². The number of nitrogens with two attached hydrogens (primary N) is 2. The third-order valence-corrected chi connectivity index (χ3v) is 1.16. The molecule has 8 nitrogen and oxygen atoms in total. The Hall–Kier alpha value is -1.22. The molecule has 0 aromatic carbocycles. The van der Waals surface area contributed by atoms with Gasteiger partial charge in [-0.25, -0.2) is 11.7 Å². The second-order valence-corrected chi connectivity index (χ2v) is 2.24. The maximum atomic E-state index is 10.5. The maximum Gasteiger partial charge on any atom is 0.259 e. The summed E-state index contributed by atoms with van der Waals surface area (Å²) in [7, 11) is 0. The van der Waals surface area contributed by atoms with E-state index in [1.54, 1.807) is 0 Å². The molecule has 0 aliphatic carbocycles. The highest BCUT2D eigenvalue weighted by atomic mass is 16.5. The van der Waals surface area contributed by atoms with Gasteiger partial charge in [0.1, 0.15) is 13.2 Å². The molecule has 0 aliphatic heterocycles. The lowest BCUT2D eigenvalue weighted by molar-refractivity contribution is -0.129. The predicted molar refractivity (Wildman–Crippen MR) is 46.3 cm³/mol. The van der Waals surface area contributed by atoms with Gasteiger partial charge in [0.2, 0.25) is 0 Å². The highest BCUT2D eigenvalue weighted by Crippen LogP contribution is 1.78. The third-order valence-electron chi connectivity index (χ3n) is 1.16. The average molecular weight is 206 g/mol. The van der Waals surface area contributed by atoms with Crippen LogP contribution in [0.25, 0.3) is 0 Å². The lowest BCUT2D eigenvalue weighted by Crippen LogP contribution is -2.34. The quantitative estimate of drug-likeness (QED) is 0.152. The Morgan fingerprint density at radius 2 is 1.29 bits per heavy atom. The van der Waals surface area contributed by atoms with Crippen molar-refractivity contribution in [1.82, 2.24) is 10.9 Å². The third kappa shape index (κ3) is 7.43. The van der Waals surface area contributed by atoms with Crippen LogP contribution in [0.2, 0.25) is 0 Å². The van der Waals surface area contributed by atoms with Crippen LogP contribution < -0.4 is 22.5 Å². The van der Waals surface area contributed by atoms with Gasteiger partial charge in [0.15, 0.2) is 0 Å². The van der Waals surface area contributed by atoms with Crippen molar-refractivity contribution in [2.24, 2.45) is 11.7 Å². The van der Waals surface area contributed by atoms with E-state index in [4.69, 9.17) is 21.2 Å². The van der Waals surface area contributed by atoms with Crippen LogP contribution in [0.5, 0.6) is 0 Å². The molecule has 14 heavy (non-hydrogen) atoms. The second kappa shape index (κ2) is 8.38. The molecule has 0 unspecified atom stereocenters. The summed E-state index contributed by atoms with van der Waals surface area (Å²) in [5.74, 6) is 8.73. The summed E-state index contributed by atoms with van der Waals surface area (Å²) in [5.41, 5.74) is 3.80. The number of rotatable bonds is 7. The van der Waals surface area contributed by atoms with E-state index in [-0.39, 0.29) is 26.4 Å². The summed E-state index contributed by atoms with van der Waals surface area (Å²) in [6.45, 7) is 0.127. The van der Waals surface area contributed by atoms with Crippen molar-refractivity contribution in [2.75, 3.05) is 26.4 Å². The molecule has 0 fully saturated rings. The first-order valence-electron chi connectivity index (χ1n) is 3.85. The highest BCUT2D eigenvalue weighted by Gasteiger charge is 1.99. The molecule has 0 heterocycles. The van der Waals surface area contributed by atoms with E-state index in [9.17, 15) is 9.59 Å². The van der Waals surface area contributed by atoms with Gasteiger partial charge in [-0.2, -0.15) is 0 Å². The molecule has 0 saturated carbocycles. The van der Waals surface area contributed by atoms with Crippen LogP contribution in [-0.2, 0) is 19.1 Å². The topological polar surface area (TPSA) is 129 Å². The van der Waals surface area contributed by atoms with Crippen molar-refractivity contribution in [2.45, 2.75) is 0 Å². The molecular formula is C6H14N4O4. The van der Waals surface area contributed by atoms with Crippen molar-refractivity contribution >= 4 is 11.8 Å². The van der Waals surface area contributed by atoms with Crippen LogP contribution in [0.3, 0.4) is 0 Å². The number of hydrazine groups is 2. The van der Waals surface area contributed by atoms with Crippen LogP contribution in [0.4, 0.5) is 0 Å². The molecule has 8 heteroatoms. The molecule has 0 rings (SSSR count). The summed E-state index contributed by atoms with van der Waals surface area (Å²) in [4.78, 5) is 21.0. The van der Waals surface area contributed by atoms with Gasteiger partial charge in [-0.1, -0.05) is 0 Å². The van der Waals surface area contributed by atoms with Gasteiger partial charge in [-0.05, 0) is 0 Å². The second-order valence-electron chi connectivity index (χ2n) is 2.24. The number of nitrogens with one attached hydrogen (secondary N) is 2. The predicted octanol–water partition coefficient (Wildman–Crippen LogP) is -3.00. The van der Waals surface area contributed by atoms with Gasteiger partial charge in [0.05, 0.1) is 13.2 Å². The van der Waals surface area contributed by atoms with Gasteiger partial charge in [-0.15, -0.1) is 0 Å². The van der Waals surface area contributed by atoms with E-state index in [1.165, 1.54) is 0 Å². The van der Waals surface area contributed by atoms with Crippen LogP contribution in [-0.4, -0.2) is 38.2 Å². The lowest BCUT2D eigenvalue weighted by Gasteiger charge is -2.04. The number of hydrogen-bond donors (Lipinski definition) is 4. The van der Waals surface area contributed by atoms with Crippen LogP contribution in [0.15, 0.2) is 0 Å². The van der Waals surface area contributed by atoms with Crippen molar-refractivity contribution in [3.63, 3.8) is 0 Å². The van der Waals surface area contributed by atoms with Gasteiger partial charge in [-0.3, -0.25) is 20.4 Å². The number of ether oxygens (including phenoxy) is 2. The standard InChI is InChI=1S/C6H14N4O4/c7-9-5(11)3-13-1-2-14-4-6(12)10-8/h1-4,7-8H2,(H,9,11)(H,10,12). The van der Waals surface area contributed by atoms with E-state index in [2.05, 4.69) is 0 Å². The number of hydrogen-bond acceptors (Lipinski definition) is 6. The maximum absolute atomic E-state index is 10.5. The number of carbonyl (C=O) groups is 2. The molecule has 0 bridgehead atoms. The Balaban J connectivity index is 3.14. The van der Waals surface area contributed by atoms with Crippen molar-refractivity contribution < 1.29 is 19.1 Å². The normalized spacial score (nSPS) is 9.57. The first-order chi connectivity index (χ1) is 6.70. The van der Waals surface area contributed by atoms with Gasteiger partial charge in [0, 0.05) is 0 Å². The Labute approximate surface area is 80.8 Å². The molecule has 6 N–H and O–H groups in total. The average Bonchev–Trinajstić information content (AvgIpc) is 2.22. The summed E-state index contributed by atoms with van der Waals surface area (Å²) < 4.78 is 9.64. The minimum Gasteiger partial charge on any atom is -0.369 e. The van der Waals surface area contributed by atoms with E-state index in [0.29, 0.717) is 0 Å². The SMILES string of the molecule is NNC(=O)COCCOCC(=O)NN. The van der Waals surface area contributed by atoms with E-state index in [1.807, 2.05) is 10.9 Å². The van der Waals surface area contributed by atoms with Crippen LogP contribution in [0.1, 0.15) is 0 Å². The monoisotopic (exact) mass is 206 g/mol. The fourth-order valence-electron chi connectivity index (χ4n) is 0.531. The first kappa shape index (κ1) is 12.8. The largest absolute Gasteiger partial charge is 0.369 e. The first-order valence-corrected chi connectivity index (χ1v) is 3.85. The van der Waals surface area contributed by atoms with E-state index in [0.717, 1.165) is 0 Å². The molecule has 0 radical (unpaired) electrons. The smallest absolute Gasteiger partial charge is 0.259 e. The molecular weight excluding hydrogens is 192 g/mol. The Morgan fingerprint density at radius 3 is 1.57 bits per heavy atom.